The lowest BCUT2D eigenvalue weighted by atomic mass is 9.85. The SMILES string of the molecule is c1ccc(-c2ccc(-c3cccc(-c4c5ccccc5c(-c5ccc(-c6ccc7ccccc7c6)cc5)c5ccccc45)c3)s2)cc1. The first kappa shape index (κ1) is 27.5. The van der Waals surface area contributed by atoms with Crippen molar-refractivity contribution in [2.24, 2.45) is 0 Å². The van der Waals surface area contributed by atoms with E-state index >= 15 is 0 Å². The summed E-state index contributed by atoms with van der Waals surface area (Å²) in [7, 11) is 0. The smallest absolute Gasteiger partial charge is 0.0349 e. The van der Waals surface area contributed by atoms with Gasteiger partial charge in [0.05, 0.1) is 0 Å². The third-order valence-electron chi connectivity index (χ3n) is 9.29. The van der Waals surface area contributed by atoms with Gasteiger partial charge in [0.25, 0.3) is 0 Å². The van der Waals surface area contributed by atoms with Crippen molar-refractivity contribution in [1.29, 1.82) is 0 Å². The van der Waals surface area contributed by atoms with Gasteiger partial charge in [0, 0.05) is 9.75 Å². The molecular weight excluding hydrogens is 585 g/mol. The number of benzene rings is 8. The zero-order valence-electron chi connectivity index (χ0n) is 25.7. The van der Waals surface area contributed by atoms with Gasteiger partial charge in [-0.1, -0.05) is 158 Å². The summed E-state index contributed by atoms with van der Waals surface area (Å²) in [6, 6.07) is 66.4. The third kappa shape index (κ3) is 4.93. The Labute approximate surface area is 278 Å². The highest BCUT2D eigenvalue weighted by molar-refractivity contribution is 7.18. The molecule has 9 aromatic rings. The second-order valence-electron chi connectivity index (χ2n) is 12.1. The van der Waals surface area contributed by atoms with E-state index < -0.39 is 0 Å². The van der Waals surface area contributed by atoms with Crippen LogP contribution in [0.15, 0.2) is 182 Å². The zero-order valence-corrected chi connectivity index (χ0v) is 26.5. The van der Waals surface area contributed by atoms with Crippen molar-refractivity contribution in [3.05, 3.63) is 182 Å². The molecule has 0 saturated carbocycles. The molecule has 1 heteroatoms. The highest BCUT2D eigenvalue weighted by Gasteiger charge is 2.17. The molecule has 1 heterocycles. The monoisotopic (exact) mass is 614 g/mol. The third-order valence-corrected chi connectivity index (χ3v) is 10.5. The van der Waals surface area contributed by atoms with Gasteiger partial charge in [-0.15, -0.1) is 11.3 Å². The Balaban J connectivity index is 1.17. The van der Waals surface area contributed by atoms with Crippen LogP contribution in [0.3, 0.4) is 0 Å². The Morgan fingerprint density at radius 2 is 0.745 bits per heavy atom. The highest BCUT2D eigenvalue weighted by atomic mass is 32.1. The predicted molar refractivity (Wildman–Crippen MR) is 204 cm³/mol. The topological polar surface area (TPSA) is 0 Å². The summed E-state index contributed by atoms with van der Waals surface area (Å²) in [5, 5.41) is 7.62. The molecule has 220 valence electrons. The van der Waals surface area contributed by atoms with E-state index in [2.05, 4.69) is 182 Å². The van der Waals surface area contributed by atoms with Gasteiger partial charge in [-0.25, -0.2) is 0 Å². The molecule has 0 aliphatic heterocycles. The van der Waals surface area contributed by atoms with E-state index in [1.54, 1.807) is 0 Å². The van der Waals surface area contributed by atoms with E-state index in [0.717, 1.165) is 0 Å². The summed E-state index contributed by atoms with van der Waals surface area (Å²) >= 11 is 1.85. The summed E-state index contributed by atoms with van der Waals surface area (Å²) in [5.74, 6) is 0. The van der Waals surface area contributed by atoms with Crippen LogP contribution >= 0.6 is 11.3 Å². The molecule has 0 amide bonds. The number of hydrogen-bond acceptors (Lipinski definition) is 1. The first-order valence-electron chi connectivity index (χ1n) is 16.1. The van der Waals surface area contributed by atoms with Gasteiger partial charge in [0.1, 0.15) is 0 Å². The van der Waals surface area contributed by atoms with Gasteiger partial charge in [-0.2, -0.15) is 0 Å². The van der Waals surface area contributed by atoms with Gasteiger partial charge in [0.2, 0.25) is 0 Å². The summed E-state index contributed by atoms with van der Waals surface area (Å²) in [6.07, 6.45) is 0. The molecule has 9 rings (SSSR count). The van der Waals surface area contributed by atoms with Crippen molar-refractivity contribution in [3.8, 4) is 54.3 Å². The van der Waals surface area contributed by atoms with Crippen LogP contribution in [0.2, 0.25) is 0 Å². The van der Waals surface area contributed by atoms with Crippen molar-refractivity contribution in [1.82, 2.24) is 0 Å². The van der Waals surface area contributed by atoms with E-state index in [-0.39, 0.29) is 0 Å². The second kappa shape index (κ2) is 11.6. The van der Waals surface area contributed by atoms with E-state index in [9.17, 15) is 0 Å². The molecule has 0 radical (unpaired) electrons. The molecule has 0 fully saturated rings. The maximum atomic E-state index is 2.37. The minimum atomic E-state index is 1.23. The van der Waals surface area contributed by atoms with E-state index in [1.165, 1.54) is 86.6 Å². The van der Waals surface area contributed by atoms with E-state index in [4.69, 9.17) is 0 Å². The van der Waals surface area contributed by atoms with Gasteiger partial charge < -0.3 is 0 Å². The van der Waals surface area contributed by atoms with Gasteiger partial charge >= 0.3 is 0 Å². The lowest BCUT2D eigenvalue weighted by molar-refractivity contribution is 1.62. The molecular formula is C46H30S. The van der Waals surface area contributed by atoms with Crippen molar-refractivity contribution in [2.45, 2.75) is 0 Å². The average Bonchev–Trinajstić information content (AvgIpc) is 3.65. The van der Waals surface area contributed by atoms with Gasteiger partial charge in [-0.3, -0.25) is 0 Å². The maximum Gasteiger partial charge on any atom is 0.0349 e. The number of thiophene rings is 1. The van der Waals surface area contributed by atoms with Crippen LogP contribution in [-0.2, 0) is 0 Å². The fourth-order valence-electron chi connectivity index (χ4n) is 7.03. The van der Waals surface area contributed by atoms with Crippen molar-refractivity contribution >= 4 is 43.7 Å². The molecule has 0 N–H and O–H groups in total. The summed E-state index contributed by atoms with van der Waals surface area (Å²) < 4.78 is 0. The molecule has 0 aliphatic carbocycles. The van der Waals surface area contributed by atoms with Crippen LogP contribution < -0.4 is 0 Å². The van der Waals surface area contributed by atoms with Crippen molar-refractivity contribution < 1.29 is 0 Å². The second-order valence-corrected chi connectivity index (χ2v) is 13.2. The maximum absolute atomic E-state index is 2.37. The van der Waals surface area contributed by atoms with Crippen molar-refractivity contribution in [3.63, 3.8) is 0 Å². The Bertz CT molecular complexity index is 2500. The Morgan fingerprint density at radius 1 is 0.255 bits per heavy atom. The first-order valence-corrected chi connectivity index (χ1v) is 16.9. The van der Waals surface area contributed by atoms with Crippen LogP contribution in [0.25, 0.3) is 86.6 Å². The highest BCUT2D eigenvalue weighted by Crippen LogP contribution is 2.45. The predicted octanol–water partition coefficient (Wildman–Crippen LogP) is 13.5. The van der Waals surface area contributed by atoms with Gasteiger partial charge in [0.15, 0.2) is 0 Å². The quantitative estimate of drug-likeness (QED) is 0.169. The molecule has 1 aromatic heterocycles. The molecule has 47 heavy (non-hydrogen) atoms. The molecule has 0 bridgehead atoms. The minimum Gasteiger partial charge on any atom is -0.135 e. The number of fused-ring (bicyclic) bond motifs is 3. The van der Waals surface area contributed by atoms with Crippen LogP contribution in [0.4, 0.5) is 0 Å². The fourth-order valence-corrected chi connectivity index (χ4v) is 8.04. The largest absolute Gasteiger partial charge is 0.135 e. The van der Waals surface area contributed by atoms with Crippen molar-refractivity contribution in [2.75, 3.05) is 0 Å². The van der Waals surface area contributed by atoms with E-state index in [1.807, 2.05) is 11.3 Å². The summed E-state index contributed by atoms with van der Waals surface area (Å²) in [4.78, 5) is 2.57. The summed E-state index contributed by atoms with van der Waals surface area (Å²) in [5.41, 5.74) is 10.0. The Kier molecular flexibility index (Phi) is 6.77. The zero-order chi connectivity index (χ0) is 31.2. The average molecular weight is 615 g/mol. The van der Waals surface area contributed by atoms with Crippen LogP contribution in [0.5, 0.6) is 0 Å². The summed E-state index contributed by atoms with van der Waals surface area (Å²) in [6.45, 7) is 0. The lowest BCUT2D eigenvalue weighted by Gasteiger charge is -2.18. The molecule has 0 unspecified atom stereocenters. The van der Waals surface area contributed by atoms with Crippen LogP contribution in [0.1, 0.15) is 0 Å². The molecule has 8 aromatic carbocycles. The van der Waals surface area contributed by atoms with Gasteiger partial charge in [-0.05, 0) is 101 Å². The molecule has 0 atom stereocenters. The first-order chi connectivity index (χ1) is 23.3. The molecule has 0 spiro atoms. The fraction of sp³-hybridized carbons (Fsp3) is 0. The molecule has 0 saturated heterocycles. The normalized spacial score (nSPS) is 11.4. The van der Waals surface area contributed by atoms with Crippen LogP contribution in [0, 0.1) is 0 Å². The molecule has 0 nitrogen and oxygen atoms in total. The van der Waals surface area contributed by atoms with Crippen LogP contribution in [-0.4, -0.2) is 0 Å². The minimum absolute atomic E-state index is 1.23. The standard InChI is InChI=1S/C46H30S/c1-2-12-33(13-3-1)43-27-28-44(47-43)37-15-10-16-38(30-37)46-41-19-8-6-17-39(41)45(40-18-7-9-20-42(40)46)34-24-21-32(22-25-34)36-26-23-31-11-4-5-14-35(31)29-36/h1-30H. The Morgan fingerprint density at radius 3 is 1.43 bits per heavy atom. The lowest BCUT2D eigenvalue weighted by Crippen LogP contribution is -1.91. The number of hydrogen-bond donors (Lipinski definition) is 0. The van der Waals surface area contributed by atoms with E-state index in [0.29, 0.717) is 0 Å². The molecule has 0 aliphatic rings. The Hall–Kier alpha value is -5.76. The number of rotatable bonds is 5.